The van der Waals surface area contributed by atoms with Crippen LogP contribution in [0.5, 0.6) is 0 Å². The van der Waals surface area contributed by atoms with E-state index in [0.29, 0.717) is 0 Å². The maximum atomic E-state index is 13.2. The van der Waals surface area contributed by atoms with E-state index in [0.717, 1.165) is 5.32 Å². The van der Waals surface area contributed by atoms with E-state index in [4.69, 9.17) is 0 Å². The summed E-state index contributed by atoms with van der Waals surface area (Å²) in [5.74, 6) is -19.6. The van der Waals surface area contributed by atoms with Gasteiger partial charge in [-0.25, -0.2) is 4.79 Å². The molecule has 0 aliphatic heterocycles. The molecule has 136 valence electrons. The van der Waals surface area contributed by atoms with Gasteiger partial charge in [0.1, 0.15) is 0 Å². The van der Waals surface area contributed by atoms with Crippen LogP contribution in [0.4, 0.5) is 50.0 Å². The van der Waals surface area contributed by atoms with E-state index in [9.17, 15) is 44.3 Å². The van der Waals surface area contributed by atoms with E-state index >= 15 is 0 Å². The third-order valence-corrected chi connectivity index (χ3v) is 2.71. The highest BCUT2D eigenvalue weighted by Gasteiger charge is 2.81. The summed E-state index contributed by atoms with van der Waals surface area (Å²) in [7, 11) is 0. The van der Waals surface area contributed by atoms with Crippen molar-refractivity contribution in [3.8, 4) is 0 Å². The van der Waals surface area contributed by atoms with Gasteiger partial charge in [0, 0.05) is 5.69 Å². The fourth-order valence-corrected chi connectivity index (χ4v) is 1.41. The number of halogens is 9. The molecule has 0 heterocycles. The minimum absolute atomic E-state index is 0.0469. The lowest BCUT2D eigenvalue weighted by Gasteiger charge is -2.33. The molecule has 1 rings (SSSR count). The average molecular weight is 368 g/mol. The molecule has 3 nitrogen and oxygen atoms in total. The van der Waals surface area contributed by atoms with E-state index in [2.05, 4.69) is 0 Å². The Morgan fingerprint density at radius 3 is 1.79 bits per heavy atom. The first-order chi connectivity index (χ1) is 10.7. The molecule has 1 aromatic rings. The highest BCUT2D eigenvalue weighted by Crippen LogP contribution is 2.52. The lowest BCUT2D eigenvalue weighted by atomic mass is 10.0. The van der Waals surface area contributed by atoms with Gasteiger partial charge < -0.3 is 10.6 Å². The van der Waals surface area contributed by atoms with Crippen LogP contribution in [0.15, 0.2) is 30.3 Å². The number of benzene rings is 1. The lowest BCUT2D eigenvalue weighted by molar-refractivity contribution is -0.394. The first-order valence-electron chi connectivity index (χ1n) is 6.02. The number of para-hydroxylation sites is 1. The SMILES string of the molecule is O=C(NCC(F)(F)C(F)(F)C(F)(F)C(F)(F)F)Nc1ccccc1. The topological polar surface area (TPSA) is 41.1 Å². The number of rotatable bonds is 5. The highest BCUT2D eigenvalue weighted by molar-refractivity contribution is 5.89. The standard InChI is InChI=1S/C12H9F9N2O/c13-9(14,10(15,16)11(17,18)12(19,20)21)6-22-8(24)23-7-4-2-1-3-5-7/h1-5H,6H2,(H2,22,23,24). The molecule has 0 fully saturated rings. The Balaban J connectivity index is 2.80. The molecule has 0 unspecified atom stereocenters. The Morgan fingerprint density at radius 1 is 0.833 bits per heavy atom. The number of urea groups is 1. The Hall–Kier alpha value is -2.14. The molecular weight excluding hydrogens is 359 g/mol. The molecule has 1 aromatic carbocycles. The average Bonchev–Trinajstić information content (AvgIpc) is 2.44. The zero-order valence-corrected chi connectivity index (χ0v) is 11.4. The van der Waals surface area contributed by atoms with Crippen LogP contribution in [0.3, 0.4) is 0 Å². The molecule has 0 aliphatic rings. The summed E-state index contributed by atoms with van der Waals surface area (Å²) in [5.41, 5.74) is 0.0469. The molecule has 2 N–H and O–H groups in total. The number of hydrogen-bond donors (Lipinski definition) is 2. The van der Waals surface area contributed by atoms with Crippen molar-refractivity contribution < 1.29 is 44.3 Å². The smallest absolute Gasteiger partial charge is 0.332 e. The van der Waals surface area contributed by atoms with Gasteiger partial charge in [-0.3, -0.25) is 0 Å². The highest BCUT2D eigenvalue weighted by atomic mass is 19.4. The molecule has 0 atom stereocenters. The molecule has 0 radical (unpaired) electrons. The summed E-state index contributed by atoms with van der Waals surface area (Å²) in [6.07, 6.45) is -6.90. The van der Waals surface area contributed by atoms with Gasteiger partial charge in [-0.05, 0) is 12.1 Å². The number of carbonyl (C=O) groups excluding carboxylic acids is 1. The Morgan fingerprint density at radius 2 is 1.33 bits per heavy atom. The maximum absolute atomic E-state index is 13.2. The van der Waals surface area contributed by atoms with Gasteiger partial charge in [0.25, 0.3) is 0 Å². The van der Waals surface area contributed by atoms with Crippen molar-refractivity contribution in [3.63, 3.8) is 0 Å². The van der Waals surface area contributed by atoms with E-state index in [1.807, 2.05) is 5.32 Å². The second-order valence-electron chi connectivity index (χ2n) is 4.52. The van der Waals surface area contributed by atoms with Gasteiger partial charge >= 0.3 is 30.0 Å². The predicted octanol–water partition coefficient (Wildman–Crippen LogP) is 4.28. The molecule has 24 heavy (non-hydrogen) atoms. The third-order valence-electron chi connectivity index (χ3n) is 2.71. The number of alkyl halides is 9. The van der Waals surface area contributed by atoms with Crippen LogP contribution in [0.2, 0.25) is 0 Å². The van der Waals surface area contributed by atoms with Crippen LogP contribution in [0.25, 0.3) is 0 Å². The van der Waals surface area contributed by atoms with Crippen molar-refractivity contribution in [1.29, 1.82) is 0 Å². The second-order valence-corrected chi connectivity index (χ2v) is 4.52. The van der Waals surface area contributed by atoms with Gasteiger partial charge in [0.2, 0.25) is 0 Å². The first-order valence-corrected chi connectivity index (χ1v) is 6.02. The van der Waals surface area contributed by atoms with Crippen LogP contribution in [0.1, 0.15) is 0 Å². The number of hydrogen-bond acceptors (Lipinski definition) is 1. The summed E-state index contributed by atoms with van der Waals surface area (Å²) in [4.78, 5) is 11.2. The second kappa shape index (κ2) is 6.40. The van der Waals surface area contributed by atoms with E-state index in [-0.39, 0.29) is 5.69 Å². The number of anilines is 1. The monoisotopic (exact) mass is 368 g/mol. The largest absolute Gasteiger partial charge is 0.460 e. The molecule has 0 saturated heterocycles. The van der Waals surface area contributed by atoms with Gasteiger partial charge in [0.05, 0.1) is 6.54 Å². The minimum atomic E-state index is -6.99. The van der Waals surface area contributed by atoms with E-state index in [1.54, 1.807) is 0 Å². The lowest BCUT2D eigenvalue weighted by Crippen LogP contribution is -2.63. The summed E-state index contributed by atoms with van der Waals surface area (Å²) < 4.78 is 113. The fourth-order valence-electron chi connectivity index (χ4n) is 1.41. The van der Waals surface area contributed by atoms with Gasteiger partial charge in [-0.2, -0.15) is 39.5 Å². The Kier molecular flexibility index (Phi) is 5.31. The van der Waals surface area contributed by atoms with Crippen molar-refractivity contribution in [2.75, 3.05) is 11.9 Å². The fraction of sp³-hybridized carbons (Fsp3) is 0.417. The quantitative estimate of drug-likeness (QED) is 0.749. The van der Waals surface area contributed by atoms with Gasteiger partial charge in [0.15, 0.2) is 0 Å². The maximum Gasteiger partial charge on any atom is 0.460 e. The van der Waals surface area contributed by atoms with Crippen LogP contribution < -0.4 is 10.6 Å². The molecule has 12 heteroatoms. The molecular formula is C12H9F9N2O. The van der Waals surface area contributed by atoms with Crippen LogP contribution in [-0.4, -0.2) is 36.5 Å². The van der Waals surface area contributed by atoms with E-state index in [1.165, 1.54) is 30.3 Å². The molecule has 0 bridgehead atoms. The third kappa shape index (κ3) is 3.85. The number of carbonyl (C=O) groups is 1. The zero-order valence-electron chi connectivity index (χ0n) is 11.4. The number of nitrogens with one attached hydrogen (secondary N) is 2. The van der Waals surface area contributed by atoms with Gasteiger partial charge in [-0.15, -0.1) is 0 Å². The zero-order chi connectivity index (χ0) is 18.8. The summed E-state index contributed by atoms with van der Waals surface area (Å²) in [5, 5.41) is 3.02. The van der Waals surface area contributed by atoms with Crippen LogP contribution in [0, 0.1) is 0 Å². The van der Waals surface area contributed by atoms with Crippen molar-refractivity contribution in [1.82, 2.24) is 5.32 Å². The van der Waals surface area contributed by atoms with Gasteiger partial charge in [-0.1, -0.05) is 18.2 Å². The van der Waals surface area contributed by atoms with Crippen molar-refractivity contribution in [2.45, 2.75) is 23.9 Å². The minimum Gasteiger partial charge on any atom is -0.332 e. The predicted molar refractivity (Wildman–Crippen MR) is 64.4 cm³/mol. The summed E-state index contributed by atoms with van der Waals surface area (Å²) in [6.45, 7) is -2.44. The van der Waals surface area contributed by atoms with Crippen molar-refractivity contribution >= 4 is 11.7 Å². The van der Waals surface area contributed by atoms with Crippen LogP contribution >= 0.6 is 0 Å². The molecule has 2 amide bonds. The molecule has 0 saturated carbocycles. The van der Waals surface area contributed by atoms with Crippen LogP contribution in [-0.2, 0) is 0 Å². The first kappa shape index (κ1) is 19.9. The summed E-state index contributed by atoms with van der Waals surface area (Å²) in [6, 6.07) is 5.43. The normalized spacial score (nSPS) is 13.5. The molecule has 0 aromatic heterocycles. The number of amides is 2. The van der Waals surface area contributed by atoms with E-state index < -0.39 is 36.5 Å². The Bertz CT molecular complexity index is 572. The summed E-state index contributed by atoms with van der Waals surface area (Å²) >= 11 is 0. The van der Waals surface area contributed by atoms with Crippen molar-refractivity contribution in [3.05, 3.63) is 30.3 Å². The Labute approximate surface area is 128 Å². The molecule has 0 spiro atoms. The van der Waals surface area contributed by atoms with Crippen molar-refractivity contribution in [2.24, 2.45) is 0 Å². The molecule has 0 aliphatic carbocycles.